The van der Waals surface area contributed by atoms with E-state index in [9.17, 15) is 9.59 Å². The van der Waals surface area contributed by atoms with Gasteiger partial charge in [0, 0.05) is 11.3 Å². The zero-order valence-corrected chi connectivity index (χ0v) is 13.1. The van der Waals surface area contributed by atoms with Crippen LogP contribution in [0.3, 0.4) is 0 Å². The van der Waals surface area contributed by atoms with Crippen molar-refractivity contribution >= 4 is 19.9 Å². The Balaban J connectivity index is 2.56. The fraction of sp³-hybridized carbons (Fsp3) is 0.467. The summed E-state index contributed by atoms with van der Waals surface area (Å²) in [6.07, 6.45) is 2.69. The number of esters is 2. The van der Waals surface area contributed by atoms with E-state index in [2.05, 4.69) is 6.58 Å². The first-order chi connectivity index (χ1) is 9.49. The Morgan fingerprint density at radius 2 is 1.50 bits per heavy atom. The zero-order valence-electron chi connectivity index (χ0n) is 12.2. The Morgan fingerprint density at radius 3 is 1.80 bits per heavy atom. The molecular weight excluding hydrogens is 275 g/mol. The van der Waals surface area contributed by atoms with Gasteiger partial charge in [0.2, 0.25) is 0 Å². The molecule has 2 heterocycles. The van der Waals surface area contributed by atoms with Crippen LogP contribution in [0.2, 0.25) is 0 Å². The third-order valence-corrected chi connectivity index (χ3v) is 7.39. The number of carbonyl (C=O) groups is 2. The molecule has 0 fully saturated rings. The molecule has 108 valence electrons. The normalized spacial score (nSPS) is 27.9. The second-order valence-corrected chi connectivity index (χ2v) is 7.39. The minimum atomic E-state index is -0.558. The van der Waals surface area contributed by atoms with Gasteiger partial charge in [-0.2, -0.15) is 0 Å². The van der Waals surface area contributed by atoms with Crippen LogP contribution in [0, 0.1) is 0 Å². The summed E-state index contributed by atoms with van der Waals surface area (Å²) in [5.41, 5.74) is 3.40. The highest BCUT2D eigenvalue weighted by Crippen LogP contribution is 2.67. The van der Waals surface area contributed by atoms with Crippen LogP contribution in [0.4, 0.5) is 0 Å². The van der Waals surface area contributed by atoms with Crippen molar-refractivity contribution in [2.24, 2.45) is 0 Å². The van der Waals surface area contributed by atoms with Crippen molar-refractivity contribution in [3.63, 3.8) is 0 Å². The highest BCUT2D eigenvalue weighted by molar-refractivity contribution is 7.61. The third-order valence-electron chi connectivity index (χ3n) is 4.09. The minimum absolute atomic E-state index is 0.00884. The lowest BCUT2D eigenvalue weighted by Crippen LogP contribution is -2.24. The molecule has 0 spiro atoms. The quantitative estimate of drug-likeness (QED) is 0.454. The van der Waals surface area contributed by atoms with E-state index in [1.807, 2.05) is 19.9 Å². The Hall–Kier alpha value is -1.41. The molecule has 20 heavy (non-hydrogen) atoms. The number of allylic oxidation sites excluding steroid dienone is 3. The first-order valence-corrected chi connectivity index (χ1v) is 8.10. The van der Waals surface area contributed by atoms with E-state index < -0.39 is 19.9 Å². The molecule has 5 heteroatoms. The SMILES string of the molecule is C=CCP1[C@@H]2C(C)=C(C)[C@H]1C(C(=O)OC)=C2C(=O)OC. The molecule has 0 aromatic carbocycles. The van der Waals surface area contributed by atoms with E-state index in [0.717, 1.165) is 6.16 Å². The van der Waals surface area contributed by atoms with Gasteiger partial charge >= 0.3 is 11.9 Å². The van der Waals surface area contributed by atoms with Gasteiger partial charge in [-0.3, -0.25) is 0 Å². The summed E-state index contributed by atoms with van der Waals surface area (Å²) >= 11 is 0. The maximum Gasteiger partial charge on any atom is 0.335 e. The third kappa shape index (κ3) is 1.94. The molecule has 2 bridgehead atoms. The molecule has 0 aromatic heterocycles. The van der Waals surface area contributed by atoms with Gasteiger partial charge in [0.1, 0.15) is 0 Å². The van der Waals surface area contributed by atoms with Crippen LogP contribution in [0.15, 0.2) is 34.9 Å². The lowest BCUT2D eigenvalue weighted by atomic mass is 9.87. The van der Waals surface area contributed by atoms with Crippen molar-refractivity contribution in [3.05, 3.63) is 34.9 Å². The highest BCUT2D eigenvalue weighted by Gasteiger charge is 2.53. The number of fused-ring (bicyclic) bond motifs is 2. The standard InChI is InChI=1S/C15H19O4P/c1-6-7-20-12-8(2)9(3)13(20)11(15(17)19-5)10(12)14(16)18-4/h6,12-13H,1,7H2,2-5H3/t12-,13+,20?. The molecule has 4 nitrogen and oxygen atoms in total. The summed E-state index contributed by atoms with van der Waals surface area (Å²) in [6.45, 7) is 7.87. The van der Waals surface area contributed by atoms with Crippen molar-refractivity contribution in [3.8, 4) is 0 Å². The Kier molecular flexibility index (Phi) is 4.14. The van der Waals surface area contributed by atoms with Crippen LogP contribution in [0.25, 0.3) is 0 Å². The molecule has 2 rings (SSSR count). The van der Waals surface area contributed by atoms with Crippen molar-refractivity contribution < 1.29 is 19.1 Å². The van der Waals surface area contributed by atoms with E-state index in [4.69, 9.17) is 9.47 Å². The number of hydrogen-bond acceptors (Lipinski definition) is 4. The molecule has 2 aliphatic rings. The molecule has 0 saturated carbocycles. The maximum atomic E-state index is 12.1. The zero-order chi connectivity index (χ0) is 15.0. The molecule has 0 radical (unpaired) electrons. The molecule has 1 unspecified atom stereocenters. The van der Waals surface area contributed by atoms with Crippen molar-refractivity contribution in [2.75, 3.05) is 20.4 Å². The highest BCUT2D eigenvalue weighted by atomic mass is 31.1. The summed E-state index contributed by atoms with van der Waals surface area (Å²) in [4.78, 5) is 24.2. The number of hydrogen-bond donors (Lipinski definition) is 0. The summed E-state index contributed by atoms with van der Waals surface area (Å²) < 4.78 is 9.76. The van der Waals surface area contributed by atoms with Gasteiger partial charge in [-0.15, -0.1) is 6.58 Å². The average molecular weight is 294 g/mol. The van der Waals surface area contributed by atoms with Crippen LogP contribution in [0.1, 0.15) is 13.8 Å². The molecule has 0 N–H and O–H groups in total. The van der Waals surface area contributed by atoms with E-state index >= 15 is 0 Å². The van der Waals surface area contributed by atoms with Gasteiger partial charge in [-0.05, 0) is 20.0 Å². The van der Waals surface area contributed by atoms with Crippen LogP contribution in [-0.2, 0) is 19.1 Å². The second-order valence-electron chi connectivity index (χ2n) is 4.97. The Morgan fingerprint density at radius 1 is 1.10 bits per heavy atom. The number of carbonyl (C=O) groups excluding carboxylic acids is 2. The smallest absolute Gasteiger partial charge is 0.335 e. The monoisotopic (exact) mass is 294 g/mol. The van der Waals surface area contributed by atoms with Gasteiger partial charge in [0.15, 0.2) is 0 Å². The fourth-order valence-electron chi connectivity index (χ4n) is 3.16. The maximum absolute atomic E-state index is 12.1. The fourth-order valence-corrected chi connectivity index (χ4v) is 6.73. The predicted octanol–water partition coefficient (Wildman–Crippen LogP) is 2.40. The Labute approximate surface area is 120 Å². The topological polar surface area (TPSA) is 52.6 Å². The molecule has 0 aliphatic carbocycles. The van der Waals surface area contributed by atoms with Crippen LogP contribution >= 0.6 is 7.92 Å². The van der Waals surface area contributed by atoms with Gasteiger partial charge in [0.05, 0.1) is 25.4 Å². The van der Waals surface area contributed by atoms with Crippen molar-refractivity contribution in [1.29, 1.82) is 0 Å². The van der Waals surface area contributed by atoms with Crippen molar-refractivity contribution in [1.82, 2.24) is 0 Å². The molecule has 3 atom stereocenters. The molecule has 0 amide bonds. The van der Waals surface area contributed by atoms with Crippen LogP contribution in [0.5, 0.6) is 0 Å². The van der Waals surface area contributed by atoms with Gasteiger partial charge < -0.3 is 9.47 Å². The lowest BCUT2D eigenvalue weighted by Gasteiger charge is -2.18. The second kappa shape index (κ2) is 5.53. The van der Waals surface area contributed by atoms with E-state index in [0.29, 0.717) is 11.1 Å². The molecule has 0 aromatic rings. The molecule has 0 saturated heterocycles. The minimum Gasteiger partial charge on any atom is -0.466 e. The van der Waals surface area contributed by atoms with Gasteiger partial charge in [-0.1, -0.05) is 25.1 Å². The van der Waals surface area contributed by atoms with E-state index in [1.54, 1.807) is 0 Å². The summed E-state index contributed by atoms with van der Waals surface area (Å²) in [5, 5.41) is 0. The van der Waals surface area contributed by atoms with E-state index in [1.165, 1.54) is 25.4 Å². The number of methoxy groups -OCH3 is 2. The Bertz CT molecular complexity index is 502. The summed E-state index contributed by atoms with van der Waals surface area (Å²) in [7, 11) is 2.13. The van der Waals surface area contributed by atoms with Crippen molar-refractivity contribution in [2.45, 2.75) is 25.2 Å². The van der Waals surface area contributed by atoms with Crippen LogP contribution in [-0.4, -0.2) is 43.6 Å². The lowest BCUT2D eigenvalue weighted by molar-refractivity contribution is -0.139. The van der Waals surface area contributed by atoms with Gasteiger partial charge in [-0.25, -0.2) is 9.59 Å². The summed E-state index contributed by atoms with van der Waals surface area (Å²) in [6, 6.07) is 0. The average Bonchev–Trinajstić information content (AvgIpc) is 2.89. The first-order valence-electron chi connectivity index (χ1n) is 6.44. The predicted molar refractivity (Wildman–Crippen MR) is 79.0 cm³/mol. The number of ether oxygens (including phenoxy) is 2. The van der Waals surface area contributed by atoms with E-state index in [-0.39, 0.29) is 11.3 Å². The largest absolute Gasteiger partial charge is 0.466 e. The first kappa shape index (κ1) is 15.0. The number of rotatable bonds is 4. The summed E-state index contributed by atoms with van der Waals surface area (Å²) in [5.74, 6) is -0.831. The molecule has 2 aliphatic heterocycles. The van der Waals surface area contributed by atoms with Gasteiger partial charge in [0.25, 0.3) is 0 Å². The van der Waals surface area contributed by atoms with Crippen LogP contribution < -0.4 is 0 Å². The molecular formula is C15H19O4P.